The second kappa shape index (κ2) is 7.22. The molecule has 0 aromatic carbocycles. The number of rotatable bonds is 7. The summed E-state index contributed by atoms with van der Waals surface area (Å²) in [6.07, 6.45) is 6.59. The SMILES string of the molecule is CCC(CC)n1ccc(CC(N)c2cccnc2OC)n1. The summed E-state index contributed by atoms with van der Waals surface area (Å²) in [5.74, 6) is 0.587. The first-order chi connectivity index (χ1) is 10.2. The molecule has 21 heavy (non-hydrogen) atoms. The van der Waals surface area contributed by atoms with E-state index in [4.69, 9.17) is 10.5 Å². The van der Waals surface area contributed by atoms with E-state index in [9.17, 15) is 0 Å². The molecule has 2 N–H and O–H groups in total. The van der Waals surface area contributed by atoms with E-state index in [0.29, 0.717) is 18.3 Å². The zero-order chi connectivity index (χ0) is 15.2. The molecule has 114 valence electrons. The molecule has 0 saturated carbocycles. The summed E-state index contributed by atoms with van der Waals surface area (Å²) in [5, 5.41) is 4.65. The summed E-state index contributed by atoms with van der Waals surface area (Å²) >= 11 is 0. The number of hydrogen-bond acceptors (Lipinski definition) is 4. The van der Waals surface area contributed by atoms with Crippen molar-refractivity contribution in [2.75, 3.05) is 7.11 Å². The average Bonchev–Trinajstić information content (AvgIpc) is 2.96. The molecule has 0 aliphatic carbocycles. The Labute approximate surface area is 126 Å². The van der Waals surface area contributed by atoms with Gasteiger partial charge in [0.25, 0.3) is 0 Å². The third kappa shape index (κ3) is 3.61. The van der Waals surface area contributed by atoms with Gasteiger partial charge in [-0.15, -0.1) is 0 Å². The third-order valence-electron chi connectivity index (χ3n) is 3.80. The molecule has 2 heterocycles. The monoisotopic (exact) mass is 288 g/mol. The Morgan fingerprint density at radius 2 is 2.05 bits per heavy atom. The summed E-state index contributed by atoms with van der Waals surface area (Å²) in [6.45, 7) is 4.36. The van der Waals surface area contributed by atoms with E-state index in [0.717, 1.165) is 24.1 Å². The summed E-state index contributed by atoms with van der Waals surface area (Å²) in [6, 6.07) is 6.16. The summed E-state index contributed by atoms with van der Waals surface area (Å²) in [7, 11) is 1.61. The van der Waals surface area contributed by atoms with Gasteiger partial charge >= 0.3 is 0 Å². The molecule has 0 aliphatic heterocycles. The largest absolute Gasteiger partial charge is 0.481 e. The minimum atomic E-state index is -0.168. The number of nitrogens with zero attached hydrogens (tertiary/aromatic N) is 3. The molecule has 2 aromatic heterocycles. The van der Waals surface area contributed by atoms with Crippen LogP contribution in [0.3, 0.4) is 0 Å². The lowest BCUT2D eigenvalue weighted by atomic mass is 10.0. The third-order valence-corrected chi connectivity index (χ3v) is 3.80. The Morgan fingerprint density at radius 1 is 1.29 bits per heavy atom. The van der Waals surface area contributed by atoms with E-state index in [1.54, 1.807) is 13.3 Å². The van der Waals surface area contributed by atoms with Crippen LogP contribution in [0.4, 0.5) is 0 Å². The molecule has 5 nitrogen and oxygen atoms in total. The summed E-state index contributed by atoms with van der Waals surface area (Å²) in [5.41, 5.74) is 8.20. The Balaban J connectivity index is 2.11. The highest BCUT2D eigenvalue weighted by Crippen LogP contribution is 2.23. The standard InChI is InChI=1S/C16H24N4O/c1-4-13(5-2)20-10-8-12(19-20)11-15(17)14-7-6-9-18-16(14)21-3/h6-10,13,15H,4-5,11,17H2,1-3H3. The van der Waals surface area contributed by atoms with E-state index in [2.05, 4.69) is 23.9 Å². The van der Waals surface area contributed by atoms with Crippen molar-refractivity contribution < 1.29 is 4.74 Å². The molecule has 2 rings (SSSR count). The molecule has 5 heteroatoms. The van der Waals surface area contributed by atoms with Crippen LogP contribution in [0.1, 0.15) is 50.0 Å². The Bertz CT molecular complexity index is 563. The van der Waals surface area contributed by atoms with Gasteiger partial charge in [-0.3, -0.25) is 4.68 Å². The molecule has 2 aromatic rings. The van der Waals surface area contributed by atoms with Crippen molar-refractivity contribution in [3.8, 4) is 5.88 Å². The molecule has 0 spiro atoms. The topological polar surface area (TPSA) is 66.0 Å². The van der Waals surface area contributed by atoms with Gasteiger partial charge < -0.3 is 10.5 Å². The highest BCUT2D eigenvalue weighted by molar-refractivity contribution is 5.29. The van der Waals surface area contributed by atoms with Crippen LogP contribution in [0.2, 0.25) is 0 Å². The summed E-state index contributed by atoms with van der Waals surface area (Å²) < 4.78 is 7.31. The number of ether oxygens (including phenoxy) is 1. The van der Waals surface area contributed by atoms with E-state index in [-0.39, 0.29) is 6.04 Å². The first kappa shape index (κ1) is 15.5. The fraction of sp³-hybridized carbons (Fsp3) is 0.500. The van der Waals surface area contributed by atoms with Crippen LogP contribution >= 0.6 is 0 Å². The number of aromatic nitrogens is 3. The minimum absolute atomic E-state index is 0.168. The minimum Gasteiger partial charge on any atom is -0.481 e. The van der Waals surface area contributed by atoms with Gasteiger partial charge in [-0.25, -0.2) is 4.98 Å². The lowest BCUT2D eigenvalue weighted by molar-refractivity contribution is 0.387. The van der Waals surface area contributed by atoms with Gasteiger partial charge in [0.1, 0.15) is 0 Å². The predicted molar refractivity (Wildman–Crippen MR) is 83.3 cm³/mol. The van der Waals surface area contributed by atoms with E-state index in [1.807, 2.05) is 29.1 Å². The van der Waals surface area contributed by atoms with Gasteiger partial charge in [0.05, 0.1) is 18.8 Å². The lowest BCUT2D eigenvalue weighted by Crippen LogP contribution is -2.16. The van der Waals surface area contributed by atoms with Crippen molar-refractivity contribution in [3.05, 3.63) is 41.9 Å². The van der Waals surface area contributed by atoms with E-state index in [1.165, 1.54) is 0 Å². The molecule has 0 fully saturated rings. The zero-order valence-corrected chi connectivity index (χ0v) is 13.0. The molecular formula is C16H24N4O. The fourth-order valence-electron chi connectivity index (χ4n) is 2.54. The Kier molecular flexibility index (Phi) is 5.33. The van der Waals surface area contributed by atoms with Gasteiger partial charge in [0, 0.05) is 30.4 Å². The normalized spacial score (nSPS) is 12.6. The van der Waals surface area contributed by atoms with Gasteiger partial charge in [-0.2, -0.15) is 5.10 Å². The van der Waals surface area contributed by atoms with Crippen LogP contribution in [-0.4, -0.2) is 21.9 Å². The van der Waals surface area contributed by atoms with Crippen LogP contribution in [-0.2, 0) is 6.42 Å². The van der Waals surface area contributed by atoms with Crippen molar-refractivity contribution in [3.63, 3.8) is 0 Å². The number of hydrogen-bond donors (Lipinski definition) is 1. The van der Waals surface area contributed by atoms with Crippen molar-refractivity contribution in [1.82, 2.24) is 14.8 Å². The van der Waals surface area contributed by atoms with Crippen molar-refractivity contribution in [2.45, 2.75) is 45.2 Å². The van der Waals surface area contributed by atoms with Crippen LogP contribution in [0.5, 0.6) is 5.88 Å². The fourth-order valence-corrected chi connectivity index (χ4v) is 2.54. The number of nitrogens with two attached hydrogens (primary N) is 1. The highest BCUT2D eigenvalue weighted by Gasteiger charge is 2.15. The van der Waals surface area contributed by atoms with Crippen molar-refractivity contribution >= 4 is 0 Å². The number of pyridine rings is 1. The second-order valence-electron chi connectivity index (χ2n) is 5.17. The van der Waals surface area contributed by atoms with Crippen LogP contribution in [0.15, 0.2) is 30.6 Å². The van der Waals surface area contributed by atoms with Gasteiger partial charge in [0.15, 0.2) is 0 Å². The highest BCUT2D eigenvalue weighted by atomic mass is 16.5. The van der Waals surface area contributed by atoms with Crippen LogP contribution in [0.25, 0.3) is 0 Å². The first-order valence-corrected chi connectivity index (χ1v) is 7.48. The maximum atomic E-state index is 6.28. The Morgan fingerprint density at radius 3 is 2.71 bits per heavy atom. The molecule has 0 amide bonds. The molecule has 0 saturated heterocycles. The van der Waals surface area contributed by atoms with Crippen LogP contribution in [0, 0.1) is 0 Å². The maximum Gasteiger partial charge on any atom is 0.217 e. The van der Waals surface area contributed by atoms with Crippen molar-refractivity contribution in [2.24, 2.45) is 5.73 Å². The maximum absolute atomic E-state index is 6.28. The quantitative estimate of drug-likeness (QED) is 0.850. The number of methoxy groups -OCH3 is 1. The molecule has 0 radical (unpaired) electrons. The van der Waals surface area contributed by atoms with Gasteiger partial charge in [0.2, 0.25) is 5.88 Å². The van der Waals surface area contributed by atoms with Gasteiger partial charge in [-0.05, 0) is 25.0 Å². The van der Waals surface area contributed by atoms with E-state index < -0.39 is 0 Å². The molecular weight excluding hydrogens is 264 g/mol. The predicted octanol–water partition coefficient (Wildman–Crippen LogP) is 2.89. The first-order valence-electron chi connectivity index (χ1n) is 7.48. The molecule has 1 atom stereocenters. The summed E-state index contributed by atoms with van der Waals surface area (Å²) in [4.78, 5) is 4.19. The van der Waals surface area contributed by atoms with Crippen molar-refractivity contribution in [1.29, 1.82) is 0 Å². The molecule has 1 unspecified atom stereocenters. The lowest BCUT2D eigenvalue weighted by Gasteiger charge is -2.14. The van der Waals surface area contributed by atoms with Crippen LogP contribution < -0.4 is 10.5 Å². The zero-order valence-electron chi connectivity index (χ0n) is 13.0. The average molecular weight is 288 g/mol. The molecule has 0 aliphatic rings. The second-order valence-corrected chi connectivity index (χ2v) is 5.17. The Hall–Kier alpha value is -1.88. The molecule has 0 bridgehead atoms. The van der Waals surface area contributed by atoms with Gasteiger partial charge in [-0.1, -0.05) is 19.9 Å². The smallest absolute Gasteiger partial charge is 0.217 e. The van der Waals surface area contributed by atoms with E-state index >= 15 is 0 Å².